The lowest BCUT2D eigenvalue weighted by Crippen LogP contribution is -2.31. The third kappa shape index (κ3) is 4.09. The van der Waals surface area contributed by atoms with Crippen molar-refractivity contribution in [3.8, 4) is 22.7 Å². The molecule has 4 nitrogen and oxygen atoms in total. The molecule has 1 N–H and O–H groups in total. The molecule has 0 unspecified atom stereocenters. The molecule has 0 bridgehead atoms. The van der Waals surface area contributed by atoms with E-state index in [0.717, 1.165) is 53.1 Å². The summed E-state index contributed by atoms with van der Waals surface area (Å²) in [5.41, 5.74) is 7.71. The largest absolute Gasteiger partial charge is 0.488 e. The van der Waals surface area contributed by atoms with E-state index in [1.165, 1.54) is 11.1 Å². The van der Waals surface area contributed by atoms with Gasteiger partial charge in [-0.25, -0.2) is 4.39 Å². The van der Waals surface area contributed by atoms with Crippen LogP contribution in [0.1, 0.15) is 53.3 Å². The van der Waals surface area contributed by atoms with Crippen LogP contribution < -0.4 is 10.1 Å². The van der Waals surface area contributed by atoms with Gasteiger partial charge in [0.15, 0.2) is 0 Å². The number of halogens is 1. The maximum Gasteiger partial charge on any atom is 0.220 e. The molecule has 0 saturated carbocycles. The van der Waals surface area contributed by atoms with Crippen LogP contribution in [0, 0.1) is 12.7 Å². The third-order valence-electron chi connectivity index (χ3n) is 7.34. The second kappa shape index (κ2) is 9.30. The fourth-order valence-corrected chi connectivity index (χ4v) is 5.63. The van der Waals surface area contributed by atoms with Gasteiger partial charge in [-0.15, -0.1) is 0 Å². The van der Waals surface area contributed by atoms with Crippen molar-refractivity contribution < 1.29 is 13.9 Å². The lowest BCUT2D eigenvalue weighted by Gasteiger charge is -2.26. The number of aryl methyl sites for hydroxylation is 3. The van der Waals surface area contributed by atoms with Gasteiger partial charge < -0.3 is 14.6 Å². The summed E-state index contributed by atoms with van der Waals surface area (Å²) in [6.07, 6.45) is 3.92. The highest BCUT2D eigenvalue weighted by Gasteiger charge is 2.27. The summed E-state index contributed by atoms with van der Waals surface area (Å²) in [7, 11) is 0. The Morgan fingerprint density at radius 2 is 1.89 bits per heavy atom. The monoisotopic (exact) mass is 480 g/mol. The highest BCUT2D eigenvalue weighted by Crippen LogP contribution is 2.41. The molecule has 2 aliphatic rings. The number of amides is 1. The van der Waals surface area contributed by atoms with Gasteiger partial charge in [0, 0.05) is 23.2 Å². The zero-order chi connectivity index (χ0) is 24.6. The van der Waals surface area contributed by atoms with Gasteiger partial charge in [-0.05, 0) is 79.6 Å². The lowest BCUT2D eigenvalue weighted by atomic mass is 9.87. The van der Waals surface area contributed by atoms with Gasteiger partial charge in [0.05, 0.1) is 17.4 Å². The van der Waals surface area contributed by atoms with Crippen LogP contribution in [-0.4, -0.2) is 10.5 Å². The molecule has 0 saturated heterocycles. The Morgan fingerprint density at radius 3 is 2.78 bits per heavy atom. The Hall–Kier alpha value is -3.86. The van der Waals surface area contributed by atoms with Crippen LogP contribution >= 0.6 is 0 Å². The Bertz CT molecular complexity index is 1450. The number of hydrogen-bond donors (Lipinski definition) is 1. The third-order valence-corrected chi connectivity index (χ3v) is 7.34. The average Bonchev–Trinajstić information content (AvgIpc) is 3.26. The maximum absolute atomic E-state index is 15.3. The summed E-state index contributed by atoms with van der Waals surface area (Å²) in [5, 5.41) is 3.25. The molecule has 1 aliphatic heterocycles. The number of aromatic nitrogens is 1. The fraction of sp³-hybridized carbons (Fsp3) is 0.258. The first-order valence-corrected chi connectivity index (χ1v) is 12.7. The van der Waals surface area contributed by atoms with E-state index in [1.54, 1.807) is 6.07 Å². The molecule has 6 rings (SSSR count). The van der Waals surface area contributed by atoms with E-state index in [1.807, 2.05) is 54.0 Å². The number of nitrogens with zero attached hydrogens (tertiary/aromatic N) is 1. The summed E-state index contributed by atoms with van der Waals surface area (Å²) in [6.45, 7) is 2.31. The van der Waals surface area contributed by atoms with E-state index in [-0.39, 0.29) is 17.8 Å². The predicted octanol–water partition coefficient (Wildman–Crippen LogP) is 6.61. The van der Waals surface area contributed by atoms with Crippen LogP contribution in [0.25, 0.3) is 16.9 Å². The molecule has 4 aromatic rings. The predicted molar refractivity (Wildman–Crippen MR) is 139 cm³/mol. The van der Waals surface area contributed by atoms with E-state index >= 15 is 4.39 Å². The van der Waals surface area contributed by atoms with Crippen molar-refractivity contribution in [2.45, 2.75) is 51.7 Å². The minimum absolute atomic E-state index is 0.0171. The highest BCUT2D eigenvalue weighted by atomic mass is 19.1. The smallest absolute Gasteiger partial charge is 0.220 e. The Labute approximate surface area is 210 Å². The molecule has 1 atom stereocenters. The van der Waals surface area contributed by atoms with Crippen LogP contribution in [0.5, 0.6) is 5.75 Å². The van der Waals surface area contributed by atoms with Crippen molar-refractivity contribution in [1.82, 2.24) is 9.88 Å². The molecular formula is C31H29FN2O2. The van der Waals surface area contributed by atoms with Crippen molar-refractivity contribution in [2.24, 2.45) is 0 Å². The van der Waals surface area contributed by atoms with Crippen LogP contribution in [-0.2, 0) is 24.2 Å². The van der Waals surface area contributed by atoms with Crippen LogP contribution in [0.15, 0.2) is 72.8 Å². The molecule has 182 valence electrons. The molecule has 36 heavy (non-hydrogen) atoms. The van der Waals surface area contributed by atoms with Crippen molar-refractivity contribution >= 4 is 5.91 Å². The highest BCUT2D eigenvalue weighted by molar-refractivity contribution is 5.78. The van der Waals surface area contributed by atoms with Crippen LogP contribution in [0.4, 0.5) is 4.39 Å². The second-order valence-electron chi connectivity index (χ2n) is 9.80. The van der Waals surface area contributed by atoms with Crippen LogP contribution in [0.3, 0.4) is 0 Å². The molecule has 1 aromatic heterocycles. The first-order chi connectivity index (χ1) is 17.6. The Balaban J connectivity index is 1.31. The number of para-hydroxylation sites is 1. The quantitative estimate of drug-likeness (QED) is 0.349. The van der Waals surface area contributed by atoms with Gasteiger partial charge in [0.1, 0.15) is 18.2 Å². The molecule has 2 heterocycles. The molecule has 1 aliphatic carbocycles. The molecule has 0 fully saturated rings. The SMILES string of the molecule is Cc1ccc(-n2c(CCC(=O)N[C@@H]3CCCc4ccccc43)cc3c2-c2ccccc2OC3)c(F)c1. The lowest BCUT2D eigenvalue weighted by molar-refractivity contribution is -0.121. The van der Waals surface area contributed by atoms with Crippen molar-refractivity contribution in [1.29, 1.82) is 0 Å². The molecule has 1 amide bonds. The van der Waals surface area contributed by atoms with Gasteiger partial charge in [0.2, 0.25) is 5.91 Å². The Kier molecular flexibility index (Phi) is 5.84. The average molecular weight is 481 g/mol. The second-order valence-corrected chi connectivity index (χ2v) is 9.80. The van der Waals surface area contributed by atoms with Gasteiger partial charge >= 0.3 is 0 Å². The topological polar surface area (TPSA) is 43.3 Å². The van der Waals surface area contributed by atoms with E-state index in [4.69, 9.17) is 4.74 Å². The van der Waals surface area contributed by atoms with E-state index in [9.17, 15) is 4.79 Å². The number of fused-ring (bicyclic) bond motifs is 4. The first-order valence-electron chi connectivity index (χ1n) is 12.7. The normalized spacial score (nSPS) is 15.9. The number of carbonyl (C=O) groups excluding carboxylic acids is 1. The fourth-order valence-electron chi connectivity index (χ4n) is 5.63. The molecule has 0 spiro atoms. The van der Waals surface area contributed by atoms with Gasteiger partial charge in [-0.3, -0.25) is 4.79 Å². The summed E-state index contributed by atoms with van der Waals surface area (Å²) in [4.78, 5) is 13.1. The number of benzene rings is 3. The number of hydrogen-bond acceptors (Lipinski definition) is 2. The van der Waals surface area contributed by atoms with Crippen molar-refractivity contribution in [2.75, 3.05) is 0 Å². The van der Waals surface area contributed by atoms with Gasteiger partial charge in [-0.1, -0.05) is 42.5 Å². The zero-order valence-corrected chi connectivity index (χ0v) is 20.4. The minimum atomic E-state index is -0.276. The molecular weight excluding hydrogens is 451 g/mol. The number of nitrogens with one attached hydrogen (secondary N) is 1. The molecule has 5 heteroatoms. The van der Waals surface area contributed by atoms with Gasteiger partial charge in [-0.2, -0.15) is 0 Å². The van der Waals surface area contributed by atoms with E-state index < -0.39 is 0 Å². The van der Waals surface area contributed by atoms with Crippen molar-refractivity contribution in [3.05, 3.63) is 107 Å². The number of carbonyl (C=O) groups is 1. The number of ether oxygens (including phenoxy) is 1. The summed E-state index contributed by atoms with van der Waals surface area (Å²) in [5.74, 6) is 0.530. The zero-order valence-electron chi connectivity index (χ0n) is 20.4. The van der Waals surface area contributed by atoms with E-state index in [2.05, 4.69) is 29.6 Å². The number of rotatable bonds is 5. The summed E-state index contributed by atoms with van der Waals surface area (Å²) >= 11 is 0. The van der Waals surface area contributed by atoms with Gasteiger partial charge in [0.25, 0.3) is 0 Å². The standard InChI is InChI=1S/C31H29FN2O2/c1-20-13-15-28(26(32)17-20)34-23(18-22-19-36-29-12-5-4-10-25(29)31(22)34)14-16-30(35)33-27-11-6-8-21-7-2-3-9-24(21)27/h2-5,7,9-10,12-13,15,17-18,27H,6,8,11,14,16,19H2,1H3,(H,33,35)/t27-/m1/s1. The first kappa shape index (κ1) is 22.6. The van der Waals surface area contributed by atoms with Crippen molar-refractivity contribution in [3.63, 3.8) is 0 Å². The van der Waals surface area contributed by atoms with E-state index in [0.29, 0.717) is 25.1 Å². The minimum Gasteiger partial charge on any atom is -0.488 e. The molecule has 3 aromatic carbocycles. The molecule has 0 radical (unpaired) electrons. The maximum atomic E-state index is 15.3. The Morgan fingerprint density at radius 1 is 1.06 bits per heavy atom. The summed E-state index contributed by atoms with van der Waals surface area (Å²) in [6, 6.07) is 23.7. The summed E-state index contributed by atoms with van der Waals surface area (Å²) < 4.78 is 23.2. The van der Waals surface area contributed by atoms with Crippen LogP contribution in [0.2, 0.25) is 0 Å².